The van der Waals surface area contributed by atoms with Crippen LogP contribution in [0.2, 0.25) is 0 Å². The summed E-state index contributed by atoms with van der Waals surface area (Å²) in [7, 11) is 0. The SMILES string of the molecule is NC(=O)C1(NC2CCCC2)CCSCC1. The highest BCUT2D eigenvalue weighted by Crippen LogP contribution is 2.30. The van der Waals surface area contributed by atoms with E-state index in [1.807, 2.05) is 11.8 Å². The Hall–Kier alpha value is -0.220. The van der Waals surface area contributed by atoms with E-state index in [4.69, 9.17) is 5.73 Å². The van der Waals surface area contributed by atoms with Crippen LogP contribution in [0.15, 0.2) is 0 Å². The molecular weight excluding hydrogens is 208 g/mol. The second-order valence-corrected chi connectivity index (χ2v) is 5.91. The van der Waals surface area contributed by atoms with Crippen molar-refractivity contribution in [2.24, 2.45) is 5.73 Å². The molecule has 3 N–H and O–H groups in total. The van der Waals surface area contributed by atoms with Gasteiger partial charge in [-0.3, -0.25) is 4.79 Å². The molecule has 1 aliphatic heterocycles. The number of nitrogens with one attached hydrogen (secondary N) is 1. The van der Waals surface area contributed by atoms with Gasteiger partial charge in [-0.1, -0.05) is 12.8 Å². The summed E-state index contributed by atoms with van der Waals surface area (Å²) in [4.78, 5) is 11.6. The van der Waals surface area contributed by atoms with E-state index in [0.717, 1.165) is 24.3 Å². The molecule has 1 aliphatic carbocycles. The van der Waals surface area contributed by atoms with Gasteiger partial charge in [-0.05, 0) is 37.2 Å². The highest BCUT2D eigenvalue weighted by molar-refractivity contribution is 7.99. The third-order valence-corrected chi connectivity index (χ3v) is 4.64. The van der Waals surface area contributed by atoms with Gasteiger partial charge in [-0.25, -0.2) is 0 Å². The maximum absolute atomic E-state index is 11.6. The molecule has 0 radical (unpaired) electrons. The fourth-order valence-corrected chi connectivity index (χ4v) is 3.83. The Labute approximate surface area is 95.6 Å². The highest BCUT2D eigenvalue weighted by Gasteiger charge is 2.39. The summed E-state index contributed by atoms with van der Waals surface area (Å²) in [5, 5.41) is 3.54. The number of thioether (sulfide) groups is 1. The number of nitrogens with two attached hydrogens (primary N) is 1. The Balaban J connectivity index is 2.00. The third kappa shape index (κ3) is 2.48. The molecule has 0 bridgehead atoms. The van der Waals surface area contributed by atoms with E-state index in [9.17, 15) is 4.79 Å². The maximum atomic E-state index is 11.6. The van der Waals surface area contributed by atoms with E-state index in [-0.39, 0.29) is 11.4 Å². The monoisotopic (exact) mass is 228 g/mol. The molecule has 1 amide bonds. The Kier molecular flexibility index (Phi) is 3.57. The number of hydrogen-bond acceptors (Lipinski definition) is 3. The molecule has 0 aromatic rings. The Morgan fingerprint density at radius 2 is 1.87 bits per heavy atom. The van der Waals surface area contributed by atoms with Crippen molar-refractivity contribution in [3.8, 4) is 0 Å². The van der Waals surface area contributed by atoms with Gasteiger partial charge < -0.3 is 11.1 Å². The fraction of sp³-hybridized carbons (Fsp3) is 0.909. The summed E-state index contributed by atoms with van der Waals surface area (Å²) >= 11 is 1.92. The van der Waals surface area contributed by atoms with Crippen molar-refractivity contribution in [1.82, 2.24) is 5.32 Å². The first-order valence-corrected chi connectivity index (χ1v) is 7.04. The lowest BCUT2D eigenvalue weighted by Crippen LogP contribution is -2.60. The second kappa shape index (κ2) is 4.74. The van der Waals surface area contributed by atoms with Crippen molar-refractivity contribution in [1.29, 1.82) is 0 Å². The highest BCUT2D eigenvalue weighted by atomic mass is 32.2. The molecule has 1 heterocycles. The predicted octanol–water partition coefficient (Wildman–Crippen LogP) is 1.27. The van der Waals surface area contributed by atoms with Gasteiger partial charge in [-0.15, -0.1) is 0 Å². The minimum absolute atomic E-state index is 0.144. The first-order valence-electron chi connectivity index (χ1n) is 5.88. The van der Waals surface area contributed by atoms with Crippen LogP contribution in [0.4, 0.5) is 0 Å². The number of amides is 1. The van der Waals surface area contributed by atoms with Crippen LogP contribution in [-0.4, -0.2) is 29.0 Å². The molecular formula is C11H20N2OS. The topological polar surface area (TPSA) is 55.1 Å². The zero-order valence-corrected chi connectivity index (χ0v) is 9.94. The maximum Gasteiger partial charge on any atom is 0.237 e. The molecule has 2 rings (SSSR count). The summed E-state index contributed by atoms with van der Waals surface area (Å²) in [6.07, 6.45) is 6.82. The van der Waals surface area contributed by atoms with Crippen LogP contribution < -0.4 is 11.1 Å². The molecule has 0 spiro atoms. The van der Waals surface area contributed by atoms with E-state index < -0.39 is 0 Å². The van der Waals surface area contributed by atoms with Gasteiger partial charge in [0, 0.05) is 6.04 Å². The second-order valence-electron chi connectivity index (χ2n) is 4.68. The van der Waals surface area contributed by atoms with E-state index in [1.165, 1.54) is 25.7 Å². The molecule has 2 aliphatic rings. The van der Waals surface area contributed by atoms with Crippen LogP contribution in [0, 0.1) is 0 Å². The summed E-state index contributed by atoms with van der Waals surface area (Å²) in [5.41, 5.74) is 5.18. The molecule has 0 aromatic carbocycles. The Bertz CT molecular complexity index is 233. The summed E-state index contributed by atoms with van der Waals surface area (Å²) < 4.78 is 0. The third-order valence-electron chi connectivity index (χ3n) is 3.65. The van der Waals surface area contributed by atoms with Crippen molar-refractivity contribution >= 4 is 17.7 Å². The zero-order valence-electron chi connectivity index (χ0n) is 9.13. The van der Waals surface area contributed by atoms with Crippen LogP contribution in [0.5, 0.6) is 0 Å². The summed E-state index contributed by atoms with van der Waals surface area (Å²) in [6.45, 7) is 0. The van der Waals surface area contributed by atoms with Gasteiger partial charge in [0.1, 0.15) is 0 Å². The standard InChI is InChI=1S/C11H20N2OS/c12-10(14)11(5-7-15-8-6-11)13-9-3-1-2-4-9/h9,13H,1-8H2,(H2,12,14). The quantitative estimate of drug-likeness (QED) is 0.765. The lowest BCUT2D eigenvalue weighted by molar-refractivity contribution is -0.125. The molecule has 0 atom stereocenters. The smallest absolute Gasteiger partial charge is 0.237 e. The van der Waals surface area contributed by atoms with Crippen LogP contribution in [0.1, 0.15) is 38.5 Å². The average Bonchev–Trinajstić information content (AvgIpc) is 2.71. The zero-order chi connectivity index (χ0) is 10.7. The van der Waals surface area contributed by atoms with Gasteiger partial charge in [0.15, 0.2) is 0 Å². The van der Waals surface area contributed by atoms with Gasteiger partial charge >= 0.3 is 0 Å². The number of rotatable bonds is 3. The van der Waals surface area contributed by atoms with E-state index in [0.29, 0.717) is 6.04 Å². The number of primary amides is 1. The lowest BCUT2D eigenvalue weighted by atomic mass is 9.90. The molecule has 0 unspecified atom stereocenters. The molecule has 86 valence electrons. The molecule has 3 nitrogen and oxygen atoms in total. The first kappa shape index (κ1) is 11.3. The van der Waals surface area contributed by atoms with Crippen LogP contribution >= 0.6 is 11.8 Å². The Morgan fingerprint density at radius 1 is 1.27 bits per heavy atom. The van der Waals surface area contributed by atoms with E-state index in [1.54, 1.807) is 0 Å². The Morgan fingerprint density at radius 3 is 2.40 bits per heavy atom. The fourth-order valence-electron chi connectivity index (χ4n) is 2.64. The number of hydrogen-bond donors (Lipinski definition) is 2. The minimum atomic E-state index is -0.389. The summed E-state index contributed by atoms with van der Waals surface area (Å²) in [5.74, 6) is 1.97. The lowest BCUT2D eigenvalue weighted by Gasteiger charge is -2.37. The average molecular weight is 228 g/mol. The van der Waals surface area contributed by atoms with Gasteiger partial charge in [0.2, 0.25) is 5.91 Å². The van der Waals surface area contributed by atoms with Crippen molar-refractivity contribution < 1.29 is 4.79 Å². The van der Waals surface area contributed by atoms with Crippen molar-refractivity contribution in [2.45, 2.75) is 50.1 Å². The molecule has 0 aromatic heterocycles. The van der Waals surface area contributed by atoms with Crippen LogP contribution in [-0.2, 0) is 4.79 Å². The normalized spacial score (nSPS) is 26.7. The number of carbonyl (C=O) groups is 1. The van der Waals surface area contributed by atoms with E-state index >= 15 is 0 Å². The van der Waals surface area contributed by atoms with Crippen LogP contribution in [0.3, 0.4) is 0 Å². The number of carbonyl (C=O) groups excluding carboxylic acids is 1. The molecule has 15 heavy (non-hydrogen) atoms. The van der Waals surface area contributed by atoms with Gasteiger partial charge in [0.05, 0.1) is 5.54 Å². The predicted molar refractivity (Wildman–Crippen MR) is 63.9 cm³/mol. The van der Waals surface area contributed by atoms with Crippen molar-refractivity contribution in [2.75, 3.05) is 11.5 Å². The van der Waals surface area contributed by atoms with Gasteiger partial charge in [0.25, 0.3) is 0 Å². The van der Waals surface area contributed by atoms with Crippen LogP contribution in [0.25, 0.3) is 0 Å². The van der Waals surface area contributed by atoms with Gasteiger partial charge in [-0.2, -0.15) is 11.8 Å². The molecule has 2 fully saturated rings. The minimum Gasteiger partial charge on any atom is -0.368 e. The van der Waals surface area contributed by atoms with Crippen molar-refractivity contribution in [3.05, 3.63) is 0 Å². The largest absolute Gasteiger partial charge is 0.368 e. The molecule has 1 saturated heterocycles. The van der Waals surface area contributed by atoms with Crippen molar-refractivity contribution in [3.63, 3.8) is 0 Å². The molecule has 4 heteroatoms. The van der Waals surface area contributed by atoms with E-state index in [2.05, 4.69) is 5.32 Å². The molecule has 1 saturated carbocycles. The first-order chi connectivity index (χ1) is 7.23. The summed E-state index contributed by atoms with van der Waals surface area (Å²) in [6, 6.07) is 0.528.